The minimum atomic E-state index is -0.903. The van der Waals surface area contributed by atoms with Gasteiger partial charge in [0.05, 0.1) is 0 Å². The van der Waals surface area contributed by atoms with Gasteiger partial charge in [-0.1, -0.05) is 121 Å². The van der Waals surface area contributed by atoms with Crippen LogP contribution < -0.4 is 0 Å². The molecule has 7 rings (SSSR count). The molecule has 0 aromatic heterocycles. The van der Waals surface area contributed by atoms with Gasteiger partial charge in [0.1, 0.15) is 58.8 Å². The molecular weight excluding hydrogens is 717 g/mol. The minimum Gasteiger partial charge on any atom is -0.480 e. The van der Waals surface area contributed by atoms with Crippen LogP contribution >= 0.6 is 0 Å². The molecule has 2 aliphatic rings. The Morgan fingerprint density at radius 1 is 0.448 bits per heavy atom. The maximum absolute atomic E-state index is 9.93. The highest BCUT2D eigenvalue weighted by molar-refractivity contribution is 6.21. The number of rotatable bonds is 6. The van der Waals surface area contributed by atoms with Crippen LogP contribution in [0.25, 0.3) is 56.0 Å². The monoisotopic (exact) mass is 748 g/mol. The number of nitriles is 6. The van der Waals surface area contributed by atoms with Gasteiger partial charge in [0.25, 0.3) is 0 Å². The molecule has 2 heterocycles. The zero-order valence-electron chi connectivity index (χ0n) is 32.0. The fraction of sp³-hybridized carbons (Fsp3) is 0.120. The van der Waals surface area contributed by atoms with E-state index in [-0.39, 0.29) is 33.8 Å². The number of benzene rings is 5. The first kappa shape index (κ1) is 37.9. The summed E-state index contributed by atoms with van der Waals surface area (Å²) in [5, 5.41) is 61.9. The van der Waals surface area contributed by atoms with Gasteiger partial charge >= 0.3 is 0 Å². The number of ether oxygens (including phenoxy) is 2. The predicted molar refractivity (Wildman–Crippen MR) is 223 cm³/mol. The maximum atomic E-state index is 9.93. The van der Waals surface area contributed by atoms with E-state index in [0.29, 0.717) is 11.1 Å². The summed E-state index contributed by atoms with van der Waals surface area (Å²) >= 11 is 0. The van der Waals surface area contributed by atoms with Crippen molar-refractivity contribution in [1.29, 1.82) is 31.6 Å². The molecule has 0 unspecified atom stereocenters. The fourth-order valence-electron chi connectivity index (χ4n) is 7.60. The van der Waals surface area contributed by atoms with Gasteiger partial charge in [-0.05, 0) is 82.6 Å². The number of fused-ring (bicyclic) bond motifs is 2. The van der Waals surface area contributed by atoms with Crippen molar-refractivity contribution in [2.75, 3.05) is 0 Å². The number of hydrogen-bond acceptors (Lipinski definition) is 8. The van der Waals surface area contributed by atoms with Crippen LogP contribution in [0.3, 0.4) is 0 Å². The van der Waals surface area contributed by atoms with Crippen molar-refractivity contribution in [1.82, 2.24) is 0 Å². The van der Waals surface area contributed by atoms with E-state index >= 15 is 0 Å². The smallest absolute Gasteiger partial charge is 0.172 e. The Morgan fingerprint density at radius 2 is 0.759 bits per heavy atom. The molecule has 0 saturated heterocycles. The van der Waals surface area contributed by atoms with Crippen LogP contribution in [0.1, 0.15) is 38.8 Å². The van der Waals surface area contributed by atoms with E-state index in [2.05, 4.69) is 60.7 Å². The van der Waals surface area contributed by atoms with Crippen LogP contribution in [-0.2, 0) is 9.47 Å². The second kappa shape index (κ2) is 15.0. The van der Waals surface area contributed by atoms with Crippen LogP contribution in [0.2, 0.25) is 0 Å². The maximum Gasteiger partial charge on any atom is 0.172 e. The van der Waals surface area contributed by atoms with Gasteiger partial charge in [-0.25, -0.2) is 0 Å². The molecule has 58 heavy (non-hydrogen) atoms. The highest BCUT2D eigenvalue weighted by Crippen LogP contribution is 2.45. The van der Waals surface area contributed by atoms with E-state index in [9.17, 15) is 31.6 Å². The van der Waals surface area contributed by atoms with E-state index in [1.807, 2.05) is 97.1 Å². The summed E-state index contributed by atoms with van der Waals surface area (Å²) in [6, 6.07) is 44.8. The zero-order valence-corrected chi connectivity index (χ0v) is 32.0. The SMILES string of the molecule is CC1(C)OC(=C(C#N)C#N)C(C#N)=C1C=Cc1ccc(-c2c3ccccc3c(-c3ccc(C=CC4=C(C#N)C(=C(C#N)C#N)OC4(C)C)cc3)c3ccccc23)cc1. The molecular formula is C50H32N6O2. The van der Waals surface area contributed by atoms with Crippen molar-refractivity contribution in [2.45, 2.75) is 38.9 Å². The van der Waals surface area contributed by atoms with E-state index in [4.69, 9.17) is 9.47 Å². The largest absolute Gasteiger partial charge is 0.480 e. The Balaban J connectivity index is 1.26. The van der Waals surface area contributed by atoms with Crippen LogP contribution in [0.4, 0.5) is 0 Å². The van der Waals surface area contributed by atoms with Crippen molar-refractivity contribution in [3.05, 3.63) is 165 Å². The molecule has 5 aromatic carbocycles. The number of nitrogens with zero attached hydrogens (tertiary/aromatic N) is 6. The molecule has 8 nitrogen and oxygen atoms in total. The first-order chi connectivity index (χ1) is 28.0. The summed E-state index contributed by atoms with van der Waals surface area (Å²) in [6.45, 7) is 7.20. The summed E-state index contributed by atoms with van der Waals surface area (Å²) in [6.07, 6.45) is 7.43. The normalized spacial score (nSPS) is 15.3. The molecule has 0 saturated carbocycles. The van der Waals surface area contributed by atoms with E-state index < -0.39 is 11.2 Å². The Morgan fingerprint density at radius 3 is 1.03 bits per heavy atom. The molecule has 0 aliphatic carbocycles. The zero-order chi connectivity index (χ0) is 41.2. The van der Waals surface area contributed by atoms with Gasteiger partial charge in [-0.2, -0.15) is 31.6 Å². The Kier molecular flexibility index (Phi) is 9.82. The lowest BCUT2D eigenvalue weighted by molar-refractivity contribution is 0.0951. The quantitative estimate of drug-likeness (QED) is 0.122. The average molecular weight is 749 g/mol. The molecule has 8 heteroatoms. The summed E-state index contributed by atoms with van der Waals surface area (Å²) < 4.78 is 11.8. The standard InChI is InChI=1S/C50H32N6O2/c1-49(2)43(41(29-55)47(57-49)35(25-51)26-52)23-17-31-13-19-33(20-14-31)45-37-9-5-7-11-39(37)46(40-12-8-6-10-38(40)45)34-21-15-32(16-22-34)18-24-44-42(30-56)48(36(27-53)28-54)58-50(44,3)4/h5-24H,1-4H3. The van der Waals surface area contributed by atoms with Crippen molar-refractivity contribution in [3.63, 3.8) is 0 Å². The first-order valence-corrected chi connectivity index (χ1v) is 18.3. The molecule has 5 aromatic rings. The third-order valence-corrected chi connectivity index (χ3v) is 10.3. The topological polar surface area (TPSA) is 161 Å². The Labute approximate surface area is 336 Å². The Bertz CT molecular complexity index is 2740. The molecule has 2 aliphatic heterocycles. The lowest BCUT2D eigenvalue weighted by Crippen LogP contribution is -2.20. The van der Waals surface area contributed by atoms with Crippen molar-refractivity contribution in [3.8, 4) is 58.7 Å². The van der Waals surface area contributed by atoms with Crippen molar-refractivity contribution < 1.29 is 9.47 Å². The Hall–Kier alpha value is -8.40. The summed E-state index contributed by atoms with van der Waals surface area (Å²) in [4.78, 5) is 0. The van der Waals surface area contributed by atoms with Crippen LogP contribution in [0.15, 0.2) is 154 Å². The molecule has 0 fully saturated rings. The average Bonchev–Trinajstić information content (AvgIpc) is 3.65. The number of hydrogen-bond donors (Lipinski definition) is 0. The van der Waals surface area contributed by atoms with Crippen LogP contribution in [0, 0.1) is 68.0 Å². The van der Waals surface area contributed by atoms with E-state index in [1.54, 1.807) is 27.7 Å². The fourth-order valence-corrected chi connectivity index (χ4v) is 7.60. The second-order valence-corrected chi connectivity index (χ2v) is 14.6. The van der Waals surface area contributed by atoms with Gasteiger partial charge in [0.15, 0.2) is 22.7 Å². The third-order valence-electron chi connectivity index (χ3n) is 10.3. The molecule has 0 amide bonds. The predicted octanol–water partition coefficient (Wildman–Crippen LogP) is 11.2. The highest BCUT2D eigenvalue weighted by atomic mass is 16.5. The molecule has 0 N–H and O–H groups in total. The molecule has 0 bridgehead atoms. The van der Waals surface area contributed by atoms with Gasteiger partial charge < -0.3 is 9.47 Å². The second-order valence-electron chi connectivity index (χ2n) is 14.6. The van der Waals surface area contributed by atoms with Gasteiger partial charge in [0, 0.05) is 11.1 Å². The summed E-state index contributed by atoms with van der Waals surface area (Å²) in [7, 11) is 0. The third kappa shape index (κ3) is 6.55. The lowest BCUT2D eigenvalue weighted by atomic mass is 9.85. The summed E-state index contributed by atoms with van der Waals surface area (Å²) in [5.41, 5.74) is 5.34. The van der Waals surface area contributed by atoms with Gasteiger partial charge in [-0.15, -0.1) is 0 Å². The lowest BCUT2D eigenvalue weighted by Gasteiger charge is -2.20. The highest BCUT2D eigenvalue weighted by Gasteiger charge is 2.39. The van der Waals surface area contributed by atoms with Crippen molar-refractivity contribution >= 4 is 33.7 Å². The van der Waals surface area contributed by atoms with E-state index in [1.165, 1.54) is 0 Å². The minimum absolute atomic E-state index is 0.0102. The molecule has 0 spiro atoms. The number of allylic oxidation sites excluding steroid dienone is 4. The van der Waals surface area contributed by atoms with Gasteiger partial charge in [-0.3, -0.25) is 0 Å². The summed E-state index contributed by atoms with van der Waals surface area (Å²) in [5.74, 6) is 0.0203. The first-order valence-electron chi connectivity index (χ1n) is 18.3. The van der Waals surface area contributed by atoms with E-state index in [0.717, 1.165) is 54.9 Å². The van der Waals surface area contributed by atoms with Gasteiger partial charge in [0.2, 0.25) is 0 Å². The molecule has 0 atom stereocenters. The van der Waals surface area contributed by atoms with Crippen LogP contribution in [-0.4, -0.2) is 11.2 Å². The molecule has 0 radical (unpaired) electrons. The molecule has 274 valence electrons. The van der Waals surface area contributed by atoms with Crippen LogP contribution in [0.5, 0.6) is 0 Å². The van der Waals surface area contributed by atoms with Crippen molar-refractivity contribution in [2.24, 2.45) is 0 Å².